The summed E-state index contributed by atoms with van der Waals surface area (Å²) in [4.78, 5) is 30.9. The molecule has 3 heterocycles. The SMILES string of the molecule is C[C@]1(NC(=O)CN2CCC[C@H](C(=O)Nc3ccc(Cl)cn3)C2)CCS(=O)(=O)C1. The van der Waals surface area contributed by atoms with E-state index in [2.05, 4.69) is 15.6 Å². The summed E-state index contributed by atoms with van der Waals surface area (Å²) < 4.78 is 23.4. The topological polar surface area (TPSA) is 108 Å². The largest absolute Gasteiger partial charge is 0.349 e. The number of halogens is 1. The molecule has 0 aromatic carbocycles. The Morgan fingerprint density at radius 1 is 1.39 bits per heavy atom. The molecule has 0 spiro atoms. The minimum Gasteiger partial charge on any atom is -0.349 e. The molecule has 2 atom stereocenters. The second kappa shape index (κ2) is 8.34. The van der Waals surface area contributed by atoms with E-state index in [1.54, 1.807) is 19.1 Å². The fourth-order valence-electron chi connectivity index (χ4n) is 3.78. The molecular weight excluding hydrogens is 404 g/mol. The van der Waals surface area contributed by atoms with Crippen molar-refractivity contribution in [1.82, 2.24) is 15.2 Å². The maximum Gasteiger partial charge on any atom is 0.234 e. The number of carbonyl (C=O) groups excluding carboxylic acids is 2. The molecule has 154 valence electrons. The average molecular weight is 429 g/mol. The maximum atomic E-state index is 12.5. The first-order valence-electron chi connectivity index (χ1n) is 9.30. The molecule has 2 aliphatic rings. The summed E-state index contributed by atoms with van der Waals surface area (Å²) in [6.07, 6.45) is 3.46. The van der Waals surface area contributed by atoms with Gasteiger partial charge in [-0.2, -0.15) is 0 Å². The van der Waals surface area contributed by atoms with E-state index in [0.29, 0.717) is 23.8 Å². The summed E-state index contributed by atoms with van der Waals surface area (Å²) in [7, 11) is -3.08. The molecule has 2 amide bonds. The van der Waals surface area contributed by atoms with Crippen molar-refractivity contribution >= 4 is 39.1 Å². The molecule has 1 aromatic rings. The Bertz CT molecular complexity index is 846. The van der Waals surface area contributed by atoms with Gasteiger partial charge >= 0.3 is 0 Å². The van der Waals surface area contributed by atoms with E-state index < -0.39 is 15.4 Å². The Morgan fingerprint density at radius 2 is 2.18 bits per heavy atom. The van der Waals surface area contributed by atoms with Crippen LogP contribution in [0.25, 0.3) is 0 Å². The van der Waals surface area contributed by atoms with Gasteiger partial charge in [0.15, 0.2) is 9.84 Å². The fraction of sp³-hybridized carbons (Fsp3) is 0.611. The van der Waals surface area contributed by atoms with E-state index in [-0.39, 0.29) is 35.8 Å². The normalized spacial score (nSPS) is 27.3. The van der Waals surface area contributed by atoms with Gasteiger partial charge in [0.05, 0.1) is 34.5 Å². The maximum absolute atomic E-state index is 12.5. The molecular formula is C18H25ClN4O4S. The van der Waals surface area contributed by atoms with Crippen LogP contribution in [-0.2, 0) is 19.4 Å². The summed E-state index contributed by atoms with van der Waals surface area (Å²) in [5.74, 6) is -0.0470. The van der Waals surface area contributed by atoms with Crippen LogP contribution in [0, 0.1) is 5.92 Å². The van der Waals surface area contributed by atoms with E-state index in [9.17, 15) is 18.0 Å². The molecule has 0 saturated carbocycles. The number of hydrogen-bond donors (Lipinski definition) is 2. The van der Waals surface area contributed by atoms with Crippen LogP contribution in [0.4, 0.5) is 5.82 Å². The molecule has 3 rings (SSSR count). The number of carbonyl (C=O) groups is 2. The van der Waals surface area contributed by atoms with Crippen molar-refractivity contribution in [3.05, 3.63) is 23.4 Å². The molecule has 2 fully saturated rings. The van der Waals surface area contributed by atoms with Crippen LogP contribution in [-0.4, -0.2) is 66.8 Å². The fourth-order valence-corrected chi connectivity index (χ4v) is 5.98. The molecule has 2 saturated heterocycles. The number of amides is 2. The molecule has 1 aromatic heterocycles. The lowest BCUT2D eigenvalue weighted by Crippen LogP contribution is -2.52. The van der Waals surface area contributed by atoms with Gasteiger partial charge in [0.25, 0.3) is 0 Å². The van der Waals surface area contributed by atoms with Gasteiger partial charge in [-0.3, -0.25) is 14.5 Å². The van der Waals surface area contributed by atoms with E-state index in [0.717, 1.165) is 19.4 Å². The third kappa shape index (κ3) is 5.65. The minimum absolute atomic E-state index is 0.0230. The van der Waals surface area contributed by atoms with Crippen molar-refractivity contribution in [1.29, 1.82) is 0 Å². The summed E-state index contributed by atoms with van der Waals surface area (Å²) in [6, 6.07) is 3.30. The van der Waals surface area contributed by atoms with Crippen molar-refractivity contribution < 1.29 is 18.0 Å². The van der Waals surface area contributed by atoms with Crippen molar-refractivity contribution in [2.45, 2.75) is 31.7 Å². The summed E-state index contributed by atoms with van der Waals surface area (Å²) >= 11 is 5.80. The van der Waals surface area contributed by atoms with Crippen LogP contribution in [0.3, 0.4) is 0 Å². The number of likely N-dealkylation sites (tertiary alicyclic amines) is 1. The van der Waals surface area contributed by atoms with Crippen molar-refractivity contribution in [2.24, 2.45) is 5.92 Å². The highest BCUT2D eigenvalue weighted by atomic mass is 35.5. The number of piperidine rings is 1. The quantitative estimate of drug-likeness (QED) is 0.726. The predicted molar refractivity (Wildman–Crippen MR) is 107 cm³/mol. The van der Waals surface area contributed by atoms with E-state index in [1.807, 2.05) is 4.90 Å². The van der Waals surface area contributed by atoms with Crippen molar-refractivity contribution in [3.63, 3.8) is 0 Å². The number of nitrogens with zero attached hydrogens (tertiary/aromatic N) is 2. The van der Waals surface area contributed by atoms with Crippen LogP contribution >= 0.6 is 11.6 Å². The Morgan fingerprint density at radius 3 is 2.82 bits per heavy atom. The first-order valence-corrected chi connectivity index (χ1v) is 11.5. The Balaban J connectivity index is 1.51. The van der Waals surface area contributed by atoms with Gasteiger partial charge in [0.2, 0.25) is 11.8 Å². The Hall–Kier alpha value is -1.71. The molecule has 28 heavy (non-hydrogen) atoms. The van der Waals surface area contributed by atoms with Crippen molar-refractivity contribution in [2.75, 3.05) is 36.5 Å². The molecule has 8 nitrogen and oxygen atoms in total. The molecule has 2 aliphatic heterocycles. The molecule has 0 unspecified atom stereocenters. The van der Waals surface area contributed by atoms with E-state index >= 15 is 0 Å². The zero-order valence-corrected chi connectivity index (χ0v) is 17.4. The third-order valence-electron chi connectivity index (χ3n) is 5.17. The number of rotatable bonds is 5. The highest BCUT2D eigenvalue weighted by Gasteiger charge is 2.39. The van der Waals surface area contributed by atoms with E-state index in [1.165, 1.54) is 6.20 Å². The Labute approximate surface area is 169 Å². The van der Waals surface area contributed by atoms with Crippen LogP contribution in [0.2, 0.25) is 5.02 Å². The summed E-state index contributed by atoms with van der Waals surface area (Å²) in [6.45, 7) is 3.12. The zero-order chi connectivity index (χ0) is 20.4. The van der Waals surface area contributed by atoms with Gasteiger partial charge in [0, 0.05) is 12.7 Å². The van der Waals surface area contributed by atoms with Gasteiger partial charge in [-0.25, -0.2) is 13.4 Å². The van der Waals surface area contributed by atoms with Crippen LogP contribution < -0.4 is 10.6 Å². The number of pyridine rings is 1. The van der Waals surface area contributed by atoms with Crippen LogP contribution in [0.1, 0.15) is 26.2 Å². The van der Waals surface area contributed by atoms with Crippen LogP contribution in [0.15, 0.2) is 18.3 Å². The monoisotopic (exact) mass is 428 g/mol. The lowest BCUT2D eigenvalue weighted by molar-refractivity contribution is -0.126. The van der Waals surface area contributed by atoms with Gasteiger partial charge in [-0.15, -0.1) is 0 Å². The highest BCUT2D eigenvalue weighted by molar-refractivity contribution is 7.91. The third-order valence-corrected chi connectivity index (χ3v) is 7.29. The molecule has 2 N–H and O–H groups in total. The number of nitrogens with one attached hydrogen (secondary N) is 2. The highest BCUT2D eigenvalue weighted by Crippen LogP contribution is 2.23. The molecule has 0 aliphatic carbocycles. The first kappa shape index (κ1) is 21.0. The second-order valence-corrected chi connectivity index (χ2v) is 10.5. The smallest absolute Gasteiger partial charge is 0.234 e. The lowest BCUT2D eigenvalue weighted by Gasteiger charge is -2.32. The van der Waals surface area contributed by atoms with Gasteiger partial charge in [-0.1, -0.05) is 11.6 Å². The summed E-state index contributed by atoms with van der Waals surface area (Å²) in [5.41, 5.74) is -0.706. The summed E-state index contributed by atoms with van der Waals surface area (Å²) in [5, 5.41) is 6.15. The van der Waals surface area contributed by atoms with E-state index in [4.69, 9.17) is 11.6 Å². The minimum atomic E-state index is -3.08. The predicted octanol–water partition coefficient (Wildman–Crippen LogP) is 1.08. The molecule has 0 radical (unpaired) electrons. The number of anilines is 1. The van der Waals surface area contributed by atoms with Crippen molar-refractivity contribution in [3.8, 4) is 0 Å². The van der Waals surface area contributed by atoms with Gasteiger partial charge in [0.1, 0.15) is 5.82 Å². The molecule has 0 bridgehead atoms. The molecule has 10 heteroatoms. The lowest BCUT2D eigenvalue weighted by atomic mass is 9.97. The zero-order valence-electron chi connectivity index (χ0n) is 15.8. The number of aromatic nitrogens is 1. The van der Waals surface area contributed by atoms with Crippen LogP contribution in [0.5, 0.6) is 0 Å². The standard InChI is InChI=1S/C18H25ClN4O4S/c1-18(6-8-28(26,27)12-18)22-16(24)11-23-7-2-3-13(10-23)17(25)21-15-5-4-14(19)9-20-15/h4-5,9,13H,2-3,6-8,10-12H2,1H3,(H,22,24)(H,20,21,25)/t13-,18-/m0/s1. The Kier molecular flexibility index (Phi) is 6.26. The first-order chi connectivity index (χ1) is 13.1. The van der Waals surface area contributed by atoms with Gasteiger partial charge in [-0.05, 0) is 44.9 Å². The second-order valence-electron chi connectivity index (χ2n) is 7.88. The van der Waals surface area contributed by atoms with Gasteiger partial charge < -0.3 is 10.6 Å². The average Bonchev–Trinajstić information content (AvgIpc) is 2.89. The number of sulfone groups is 1. The number of hydrogen-bond acceptors (Lipinski definition) is 6.